The number of hydrogen-bond acceptors (Lipinski definition) is 3. The summed E-state index contributed by atoms with van der Waals surface area (Å²) >= 11 is 3.25. The molecule has 0 spiro atoms. The lowest BCUT2D eigenvalue weighted by atomic mass is 10.0. The maximum Gasteiger partial charge on any atom is 0.408 e. The van der Waals surface area contributed by atoms with Crippen LogP contribution in [0.1, 0.15) is 11.6 Å². The van der Waals surface area contributed by atoms with Gasteiger partial charge in [-0.2, -0.15) is 13.2 Å². The summed E-state index contributed by atoms with van der Waals surface area (Å²) in [5.41, 5.74) is 0.158. The molecule has 1 aromatic carbocycles. The van der Waals surface area contributed by atoms with Crippen molar-refractivity contribution in [1.29, 1.82) is 0 Å². The maximum absolute atomic E-state index is 13.5. The Kier molecular flexibility index (Phi) is 6.77. The molecule has 8 heteroatoms. The van der Waals surface area contributed by atoms with Crippen LogP contribution >= 0.6 is 28.3 Å². The Morgan fingerprint density at radius 2 is 1.90 bits per heavy atom. The van der Waals surface area contributed by atoms with Gasteiger partial charge in [0.1, 0.15) is 11.8 Å². The van der Waals surface area contributed by atoms with E-state index < -0.39 is 12.2 Å². The molecule has 1 aliphatic heterocycles. The van der Waals surface area contributed by atoms with Crippen molar-refractivity contribution >= 4 is 28.3 Å². The average Bonchev–Trinajstić information content (AvgIpc) is 2.40. The molecule has 21 heavy (non-hydrogen) atoms. The zero-order chi connectivity index (χ0) is 14.8. The summed E-state index contributed by atoms with van der Waals surface area (Å²) in [5, 5.41) is 3.06. The Labute approximate surface area is 136 Å². The van der Waals surface area contributed by atoms with E-state index in [0.717, 1.165) is 0 Å². The zero-order valence-corrected chi connectivity index (χ0v) is 13.8. The second-order valence-corrected chi connectivity index (χ2v) is 5.53. The number of hydrogen-bond donors (Lipinski definition) is 1. The predicted octanol–water partition coefficient (Wildman–Crippen LogP) is 3.39. The van der Waals surface area contributed by atoms with Gasteiger partial charge in [-0.05, 0) is 12.1 Å². The van der Waals surface area contributed by atoms with Crippen LogP contribution in [0.15, 0.2) is 22.7 Å². The smallest absolute Gasteiger partial charge is 0.408 e. The average molecular weight is 390 g/mol. The van der Waals surface area contributed by atoms with Gasteiger partial charge < -0.3 is 10.1 Å². The molecule has 1 atom stereocenters. The largest absolute Gasteiger partial charge is 0.496 e. The number of nitrogens with one attached hydrogen (secondary N) is 1. The predicted molar refractivity (Wildman–Crippen MR) is 81.2 cm³/mol. The van der Waals surface area contributed by atoms with Crippen LogP contribution in [0.3, 0.4) is 0 Å². The summed E-state index contributed by atoms with van der Waals surface area (Å²) in [6.07, 6.45) is -4.33. The van der Waals surface area contributed by atoms with Crippen LogP contribution in [-0.2, 0) is 0 Å². The van der Waals surface area contributed by atoms with Crippen molar-refractivity contribution < 1.29 is 17.9 Å². The molecule has 0 unspecified atom stereocenters. The highest BCUT2D eigenvalue weighted by atomic mass is 79.9. The van der Waals surface area contributed by atoms with Gasteiger partial charge in [-0.25, -0.2) is 0 Å². The molecule has 0 aliphatic carbocycles. The van der Waals surface area contributed by atoms with E-state index in [1.807, 2.05) is 0 Å². The molecule has 3 nitrogen and oxygen atoms in total. The molecule has 0 bridgehead atoms. The van der Waals surface area contributed by atoms with E-state index in [9.17, 15) is 13.2 Å². The summed E-state index contributed by atoms with van der Waals surface area (Å²) in [4.78, 5) is 1.45. The third-order valence-electron chi connectivity index (χ3n) is 3.32. The minimum atomic E-state index is -4.33. The van der Waals surface area contributed by atoms with E-state index in [1.54, 1.807) is 12.1 Å². The molecule has 120 valence electrons. The number of benzene rings is 1. The fourth-order valence-electron chi connectivity index (χ4n) is 2.43. The molecule has 1 aliphatic rings. The minimum Gasteiger partial charge on any atom is -0.496 e. The number of rotatable bonds is 3. The van der Waals surface area contributed by atoms with Crippen molar-refractivity contribution in [2.45, 2.75) is 12.2 Å². The van der Waals surface area contributed by atoms with Gasteiger partial charge in [0.15, 0.2) is 0 Å². The van der Waals surface area contributed by atoms with Crippen LogP contribution in [0.4, 0.5) is 13.2 Å². The molecule has 2 rings (SSSR count). The Morgan fingerprint density at radius 1 is 1.29 bits per heavy atom. The minimum absolute atomic E-state index is 0. The van der Waals surface area contributed by atoms with Crippen LogP contribution < -0.4 is 10.1 Å². The number of nitrogens with zero attached hydrogens (tertiary/aromatic N) is 1. The van der Waals surface area contributed by atoms with Crippen molar-refractivity contribution in [2.24, 2.45) is 0 Å². The van der Waals surface area contributed by atoms with E-state index in [-0.39, 0.29) is 23.7 Å². The molecule has 1 fully saturated rings. The lowest BCUT2D eigenvalue weighted by Gasteiger charge is -2.36. The van der Waals surface area contributed by atoms with Crippen LogP contribution in [-0.4, -0.2) is 44.4 Å². The summed E-state index contributed by atoms with van der Waals surface area (Å²) in [6, 6.07) is 3.02. The Bertz CT molecular complexity index is 467. The molecular weight excluding hydrogens is 373 g/mol. The van der Waals surface area contributed by atoms with E-state index in [2.05, 4.69) is 21.2 Å². The lowest BCUT2D eigenvalue weighted by Crippen LogP contribution is -2.49. The molecule has 0 radical (unpaired) electrons. The summed E-state index contributed by atoms with van der Waals surface area (Å²) in [5.74, 6) is 0.250. The van der Waals surface area contributed by atoms with Gasteiger partial charge in [0.05, 0.1) is 7.11 Å². The quantitative estimate of drug-likeness (QED) is 0.858. The molecule has 1 heterocycles. The van der Waals surface area contributed by atoms with Crippen LogP contribution in [0.5, 0.6) is 5.75 Å². The van der Waals surface area contributed by atoms with Gasteiger partial charge in [0.2, 0.25) is 0 Å². The number of ether oxygens (including phenoxy) is 1. The summed E-state index contributed by atoms with van der Waals surface area (Å²) in [6.45, 7) is 1.85. The molecule has 0 amide bonds. The van der Waals surface area contributed by atoms with Crippen LogP contribution in [0.2, 0.25) is 0 Å². The lowest BCUT2D eigenvalue weighted by molar-refractivity contribution is -0.188. The molecule has 1 saturated heterocycles. The molecule has 0 aromatic heterocycles. The molecular formula is C13H17BrClF3N2O. The van der Waals surface area contributed by atoms with Crippen LogP contribution in [0, 0.1) is 0 Å². The number of piperazine rings is 1. The highest BCUT2D eigenvalue weighted by molar-refractivity contribution is 9.10. The zero-order valence-electron chi connectivity index (χ0n) is 11.4. The van der Waals surface area contributed by atoms with Crippen LogP contribution in [0.25, 0.3) is 0 Å². The SMILES string of the molecule is COc1cc(Br)ccc1[C@@H](N1CCNCC1)C(F)(F)F.Cl. The van der Waals surface area contributed by atoms with Crippen molar-refractivity contribution in [3.8, 4) is 5.75 Å². The van der Waals surface area contributed by atoms with Gasteiger partial charge in [-0.15, -0.1) is 12.4 Å². The van der Waals surface area contributed by atoms with Gasteiger partial charge in [-0.1, -0.05) is 22.0 Å². The Balaban J connectivity index is 0.00000220. The molecule has 0 saturated carbocycles. The van der Waals surface area contributed by atoms with Gasteiger partial charge in [0, 0.05) is 36.2 Å². The topological polar surface area (TPSA) is 24.5 Å². The number of halogens is 5. The van der Waals surface area contributed by atoms with E-state index >= 15 is 0 Å². The first-order valence-electron chi connectivity index (χ1n) is 6.28. The standard InChI is InChI=1S/C13H16BrF3N2O.ClH/c1-20-11-8-9(14)2-3-10(11)12(13(15,16)17)19-6-4-18-5-7-19;/h2-3,8,12,18H,4-7H2,1H3;1H/t12-;/m1./s1. The fraction of sp³-hybridized carbons (Fsp3) is 0.538. The van der Waals surface area contributed by atoms with Gasteiger partial charge in [-0.3, -0.25) is 4.90 Å². The Morgan fingerprint density at radius 3 is 2.43 bits per heavy atom. The van der Waals surface area contributed by atoms with E-state index in [4.69, 9.17) is 4.74 Å². The normalized spacial score (nSPS) is 18.0. The first-order chi connectivity index (χ1) is 9.43. The van der Waals surface area contributed by atoms with Gasteiger partial charge in [0.25, 0.3) is 0 Å². The third kappa shape index (κ3) is 4.48. The molecule has 1 aromatic rings. The first-order valence-corrected chi connectivity index (χ1v) is 7.07. The van der Waals surface area contributed by atoms with Crippen molar-refractivity contribution in [2.75, 3.05) is 33.3 Å². The Hall–Kier alpha value is -0.500. The first kappa shape index (κ1) is 18.5. The highest BCUT2D eigenvalue weighted by Gasteiger charge is 2.46. The van der Waals surface area contributed by atoms with Crippen molar-refractivity contribution in [1.82, 2.24) is 10.2 Å². The summed E-state index contributed by atoms with van der Waals surface area (Å²) < 4.78 is 46.2. The maximum atomic E-state index is 13.5. The second-order valence-electron chi connectivity index (χ2n) is 4.62. The van der Waals surface area contributed by atoms with E-state index in [1.165, 1.54) is 18.1 Å². The van der Waals surface area contributed by atoms with Gasteiger partial charge >= 0.3 is 6.18 Å². The van der Waals surface area contributed by atoms with E-state index in [0.29, 0.717) is 30.7 Å². The van der Waals surface area contributed by atoms with Crippen molar-refractivity contribution in [3.63, 3.8) is 0 Å². The number of methoxy groups -OCH3 is 1. The number of alkyl halides is 3. The third-order valence-corrected chi connectivity index (χ3v) is 3.81. The monoisotopic (exact) mass is 388 g/mol. The fourth-order valence-corrected chi connectivity index (χ4v) is 2.77. The second kappa shape index (κ2) is 7.67. The highest BCUT2D eigenvalue weighted by Crippen LogP contribution is 2.42. The summed E-state index contributed by atoms with van der Waals surface area (Å²) in [7, 11) is 1.39. The molecule has 1 N–H and O–H groups in total. The van der Waals surface area contributed by atoms with Crippen molar-refractivity contribution in [3.05, 3.63) is 28.2 Å².